The minimum Gasteiger partial charge on any atom is -0.507 e. The molecule has 0 aromatic heterocycles. The molecule has 0 radical (unpaired) electrons. The van der Waals surface area contributed by atoms with Crippen LogP contribution < -0.4 is 4.74 Å². The summed E-state index contributed by atoms with van der Waals surface area (Å²) >= 11 is 0. The van der Waals surface area contributed by atoms with Crippen molar-refractivity contribution in [3.8, 4) is 5.75 Å². The zero-order valence-electron chi connectivity index (χ0n) is 22.1. The summed E-state index contributed by atoms with van der Waals surface area (Å²) in [7, 11) is 0. The Morgan fingerprint density at radius 3 is 2.32 bits per heavy atom. The minimum atomic E-state index is -0.645. The van der Waals surface area contributed by atoms with Crippen LogP contribution in [0, 0.1) is 0 Å². The van der Waals surface area contributed by atoms with Gasteiger partial charge in [0.05, 0.1) is 31.4 Å². The second-order valence-electron chi connectivity index (χ2n) is 9.99. The number of aliphatic hydroxyl groups excluding tert-OH is 1. The number of hydrogen-bond acceptors (Lipinski definition) is 6. The Balaban J connectivity index is 1.65. The van der Waals surface area contributed by atoms with Gasteiger partial charge in [0.25, 0.3) is 11.7 Å². The van der Waals surface area contributed by atoms with Gasteiger partial charge in [-0.1, -0.05) is 45.0 Å². The third kappa shape index (κ3) is 6.22. The molecule has 2 aromatic rings. The number of ketones is 1. The maximum absolute atomic E-state index is 13.3. The molecule has 7 nitrogen and oxygen atoms in total. The van der Waals surface area contributed by atoms with Crippen LogP contribution in [0.2, 0.25) is 0 Å². The fourth-order valence-electron chi connectivity index (χ4n) is 4.89. The number of ether oxygens (including phenoxy) is 2. The van der Waals surface area contributed by atoms with E-state index in [1.807, 2.05) is 31.2 Å². The molecule has 198 valence electrons. The van der Waals surface area contributed by atoms with Crippen molar-refractivity contribution in [3.05, 3.63) is 70.8 Å². The van der Waals surface area contributed by atoms with Gasteiger partial charge in [0.1, 0.15) is 11.5 Å². The number of benzene rings is 2. The number of aliphatic hydroxyl groups is 1. The van der Waals surface area contributed by atoms with Gasteiger partial charge in [-0.25, -0.2) is 0 Å². The van der Waals surface area contributed by atoms with Gasteiger partial charge in [0.2, 0.25) is 0 Å². The maximum Gasteiger partial charge on any atom is 0.295 e. The first-order valence-electron chi connectivity index (χ1n) is 13.3. The van der Waals surface area contributed by atoms with Crippen molar-refractivity contribution in [2.45, 2.75) is 45.6 Å². The van der Waals surface area contributed by atoms with Gasteiger partial charge in [-0.05, 0) is 54.2 Å². The van der Waals surface area contributed by atoms with E-state index in [9.17, 15) is 14.7 Å². The van der Waals surface area contributed by atoms with E-state index in [4.69, 9.17) is 9.47 Å². The fourth-order valence-corrected chi connectivity index (χ4v) is 4.89. The summed E-state index contributed by atoms with van der Waals surface area (Å²) in [5, 5.41) is 11.3. The summed E-state index contributed by atoms with van der Waals surface area (Å²) in [6, 6.07) is 14.4. The summed E-state index contributed by atoms with van der Waals surface area (Å²) in [6.45, 7) is 11.3. The van der Waals surface area contributed by atoms with E-state index in [1.54, 1.807) is 29.2 Å². The Bertz CT molecular complexity index is 1100. The van der Waals surface area contributed by atoms with E-state index >= 15 is 0 Å². The van der Waals surface area contributed by atoms with Crippen molar-refractivity contribution in [3.63, 3.8) is 0 Å². The van der Waals surface area contributed by atoms with E-state index in [1.165, 1.54) is 5.56 Å². The molecule has 2 fully saturated rings. The van der Waals surface area contributed by atoms with Crippen molar-refractivity contribution in [2.75, 3.05) is 46.0 Å². The van der Waals surface area contributed by atoms with Crippen LogP contribution in [-0.4, -0.2) is 72.6 Å². The van der Waals surface area contributed by atoms with E-state index in [2.05, 4.69) is 18.7 Å². The second-order valence-corrected chi connectivity index (χ2v) is 9.99. The van der Waals surface area contributed by atoms with Crippen LogP contribution in [0.15, 0.2) is 54.1 Å². The molecular formula is C30H38N2O5. The number of rotatable bonds is 10. The molecule has 0 bridgehead atoms. The molecule has 2 aliphatic rings. The smallest absolute Gasteiger partial charge is 0.295 e. The highest BCUT2D eigenvalue weighted by molar-refractivity contribution is 6.46. The lowest BCUT2D eigenvalue weighted by Crippen LogP contribution is -2.38. The van der Waals surface area contributed by atoms with Gasteiger partial charge in [0.15, 0.2) is 0 Å². The molecule has 7 heteroatoms. The highest BCUT2D eigenvalue weighted by Gasteiger charge is 2.45. The first kappa shape index (κ1) is 26.9. The van der Waals surface area contributed by atoms with Crippen LogP contribution in [0.1, 0.15) is 62.3 Å². The minimum absolute atomic E-state index is 0.135. The Labute approximate surface area is 219 Å². The van der Waals surface area contributed by atoms with Crippen molar-refractivity contribution in [1.29, 1.82) is 0 Å². The fraction of sp³-hybridized carbons (Fsp3) is 0.467. The zero-order chi connectivity index (χ0) is 26.4. The van der Waals surface area contributed by atoms with E-state index in [0.29, 0.717) is 30.4 Å². The molecule has 37 heavy (non-hydrogen) atoms. The lowest BCUT2D eigenvalue weighted by molar-refractivity contribution is -0.140. The van der Waals surface area contributed by atoms with Gasteiger partial charge in [-0.2, -0.15) is 0 Å². The van der Waals surface area contributed by atoms with Crippen molar-refractivity contribution in [1.82, 2.24) is 9.80 Å². The van der Waals surface area contributed by atoms with E-state index < -0.39 is 17.7 Å². The Kier molecular flexibility index (Phi) is 9.00. The van der Waals surface area contributed by atoms with E-state index in [0.717, 1.165) is 51.3 Å². The summed E-state index contributed by atoms with van der Waals surface area (Å²) in [5.41, 5.74) is 2.62. The highest BCUT2D eigenvalue weighted by atomic mass is 16.5. The Hall–Kier alpha value is -3.16. The number of morpholine rings is 1. The number of hydrogen-bond donors (Lipinski definition) is 1. The third-order valence-electron chi connectivity index (χ3n) is 7.04. The first-order chi connectivity index (χ1) is 17.9. The average Bonchev–Trinajstić information content (AvgIpc) is 3.17. The standard InChI is InChI=1S/C30H38N2O5/c1-4-18-37-25-12-10-24(11-13-25)28(33)26-27(23-8-6-22(7-9-23)21(2)3)32(30(35)29(26)34)15-5-14-31-16-19-36-20-17-31/h6-13,21,27,33H,4-5,14-20H2,1-3H3/b28-26+/t27-/m0/s1. The summed E-state index contributed by atoms with van der Waals surface area (Å²) < 4.78 is 11.1. The van der Waals surface area contributed by atoms with Crippen LogP contribution in [0.25, 0.3) is 5.76 Å². The Morgan fingerprint density at radius 1 is 1.03 bits per heavy atom. The lowest BCUT2D eigenvalue weighted by Gasteiger charge is -2.29. The normalized spacial score (nSPS) is 20.1. The molecular weight excluding hydrogens is 468 g/mol. The molecule has 0 unspecified atom stereocenters. The molecule has 2 aromatic carbocycles. The third-order valence-corrected chi connectivity index (χ3v) is 7.04. The average molecular weight is 507 g/mol. The van der Waals surface area contributed by atoms with Gasteiger partial charge in [-0.3, -0.25) is 14.5 Å². The second kappa shape index (κ2) is 12.4. The molecule has 2 saturated heterocycles. The van der Waals surface area contributed by atoms with Crippen LogP contribution in [0.5, 0.6) is 5.75 Å². The monoisotopic (exact) mass is 506 g/mol. The summed E-state index contributed by atoms with van der Waals surface area (Å²) in [4.78, 5) is 30.5. The molecule has 1 atom stereocenters. The number of likely N-dealkylation sites (tertiary alicyclic amines) is 1. The molecule has 2 heterocycles. The number of carbonyl (C=O) groups is 2. The molecule has 2 aliphatic heterocycles. The first-order valence-corrected chi connectivity index (χ1v) is 13.3. The number of amides is 1. The lowest BCUT2D eigenvalue weighted by atomic mass is 9.93. The van der Waals surface area contributed by atoms with Gasteiger partial charge in [0, 0.05) is 31.7 Å². The molecule has 1 amide bonds. The largest absolute Gasteiger partial charge is 0.507 e. The topological polar surface area (TPSA) is 79.3 Å². The predicted molar refractivity (Wildman–Crippen MR) is 144 cm³/mol. The van der Waals surface area contributed by atoms with Crippen molar-refractivity contribution >= 4 is 17.4 Å². The quantitative estimate of drug-likeness (QED) is 0.285. The van der Waals surface area contributed by atoms with Crippen molar-refractivity contribution in [2.24, 2.45) is 0 Å². The van der Waals surface area contributed by atoms with Crippen LogP contribution in [-0.2, 0) is 14.3 Å². The van der Waals surface area contributed by atoms with E-state index in [-0.39, 0.29) is 11.3 Å². The summed E-state index contributed by atoms with van der Waals surface area (Å²) in [6.07, 6.45) is 1.63. The molecule has 1 N–H and O–H groups in total. The SMILES string of the molecule is CCCOc1ccc(/C(O)=C2\C(=O)C(=O)N(CCCN3CCOCC3)[C@H]2c2ccc(C(C)C)cc2)cc1. The van der Waals surface area contributed by atoms with Crippen LogP contribution in [0.3, 0.4) is 0 Å². The maximum atomic E-state index is 13.3. The van der Waals surface area contributed by atoms with Gasteiger partial charge >= 0.3 is 0 Å². The molecule has 0 aliphatic carbocycles. The van der Waals surface area contributed by atoms with Gasteiger partial charge in [-0.15, -0.1) is 0 Å². The van der Waals surface area contributed by atoms with Crippen molar-refractivity contribution < 1.29 is 24.2 Å². The highest BCUT2D eigenvalue weighted by Crippen LogP contribution is 2.40. The molecule has 0 saturated carbocycles. The predicted octanol–water partition coefficient (Wildman–Crippen LogP) is 4.74. The number of Topliss-reactive ketones (excluding diaryl/α,β-unsaturated/α-hetero) is 1. The van der Waals surface area contributed by atoms with Gasteiger partial charge < -0.3 is 19.5 Å². The van der Waals surface area contributed by atoms with Crippen LogP contribution >= 0.6 is 0 Å². The number of nitrogens with zero attached hydrogens (tertiary/aromatic N) is 2. The Morgan fingerprint density at radius 2 is 1.70 bits per heavy atom. The summed E-state index contributed by atoms with van der Waals surface area (Å²) in [5.74, 6) is -0.309. The molecule has 0 spiro atoms. The van der Waals surface area contributed by atoms with Crippen LogP contribution in [0.4, 0.5) is 0 Å². The molecule has 4 rings (SSSR count). The number of carbonyl (C=O) groups excluding carboxylic acids is 2. The zero-order valence-corrected chi connectivity index (χ0v) is 22.1.